The van der Waals surface area contributed by atoms with Crippen LogP contribution in [-0.2, 0) is 10.0 Å². The van der Waals surface area contributed by atoms with Gasteiger partial charge in [0.05, 0.1) is 6.26 Å². The molecule has 7 heteroatoms. The lowest BCUT2D eigenvalue weighted by Crippen LogP contribution is -2.69. The molecule has 4 bridgehead atoms. The highest BCUT2D eigenvalue weighted by Crippen LogP contribution is 2.57. The Morgan fingerprint density at radius 3 is 2.42 bits per heavy atom. The van der Waals surface area contributed by atoms with Gasteiger partial charge >= 0.3 is 0 Å². The summed E-state index contributed by atoms with van der Waals surface area (Å²) in [6, 6.07) is 5.29. The Hall–Kier alpha value is -1.47. The number of sulfonamides is 1. The molecule has 0 spiro atoms. The van der Waals surface area contributed by atoms with E-state index in [2.05, 4.69) is 15.0 Å². The number of carbonyl (C=O) groups excluding carboxylic acids is 1. The number of aromatic nitrogens is 1. The van der Waals surface area contributed by atoms with Crippen LogP contribution in [0.3, 0.4) is 0 Å². The SMILES string of the molecule is CS(=O)(=O)NC12CC3CC(CC(NC(=O)c4ccccn4)(C3)C1)C2. The number of nitrogens with zero attached hydrogens (tertiary/aromatic N) is 1. The highest BCUT2D eigenvalue weighted by Gasteiger charge is 2.59. The molecule has 0 aromatic carbocycles. The molecule has 2 unspecified atom stereocenters. The fraction of sp³-hybridized carbons (Fsp3) is 0.647. The van der Waals surface area contributed by atoms with Crippen LogP contribution < -0.4 is 10.0 Å². The second-order valence-electron chi connectivity index (χ2n) is 8.07. The molecule has 1 aromatic rings. The van der Waals surface area contributed by atoms with E-state index in [1.54, 1.807) is 24.4 Å². The molecule has 2 N–H and O–H groups in total. The standard InChI is InChI=1S/C17H23N3O3S/c1-24(22,23)20-17-9-12-6-13(10-17)8-16(7-12,11-17)19-15(21)14-4-2-3-5-18-14/h2-5,12-13,20H,6-11H2,1H3,(H,19,21). The van der Waals surface area contributed by atoms with E-state index in [1.165, 1.54) is 6.26 Å². The van der Waals surface area contributed by atoms with Crippen LogP contribution in [0.2, 0.25) is 0 Å². The average molecular weight is 349 g/mol. The normalized spacial score (nSPS) is 37.4. The van der Waals surface area contributed by atoms with E-state index >= 15 is 0 Å². The van der Waals surface area contributed by atoms with Gasteiger partial charge in [0, 0.05) is 17.3 Å². The van der Waals surface area contributed by atoms with E-state index in [-0.39, 0.29) is 11.4 Å². The van der Waals surface area contributed by atoms with Crippen LogP contribution in [-0.4, -0.2) is 36.6 Å². The van der Waals surface area contributed by atoms with Gasteiger partial charge in [-0.05, 0) is 62.5 Å². The highest BCUT2D eigenvalue weighted by molar-refractivity contribution is 7.88. The van der Waals surface area contributed by atoms with Crippen molar-refractivity contribution in [3.05, 3.63) is 30.1 Å². The molecule has 4 saturated carbocycles. The summed E-state index contributed by atoms with van der Waals surface area (Å²) in [4.78, 5) is 16.7. The summed E-state index contributed by atoms with van der Waals surface area (Å²) in [5, 5.41) is 3.22. The zero-order chi connectivity index (χ0) is 17.0. The first kappa shape index (κ1) is 16.0. The maximum atomic E-state index is 12.6. The zero-order valence-corrected chi connectivity index (χ0v) is 14.6. The number of nitrogens with one attached hydrogen (secondary N) is 2. The number of pyridine rings is 1. The number of carbonyl (C=O) groups is 1. The van der Waals surface area contributed by atoms with Crippen molar-refractivity contribution in [3.63, 3.8) is 0 Å². The van der Waals surface area contributed by atoms with Crippen molar-refractivity contribution < 1.29 is 13.2 Å². The van der Waals surface area contributed by atoms with Crippen molar-refractivity contribution in [2.75, 3.05) is 6.26 Å². The van der Waals surface area contributed by atoms with Crippen molar-refractivity contribution in [1.82, 2.24) is 15.0 Å². The number of rotatable bonds is 4. The second kappa shape index (κ2) is 5.26. The van der Waals surface area contributed by atoms with Gasteiger partial charge in [-0.2, -0.15) is 0 Å². The fourth-order valence-corrected chi connectivity index (χ4v) is 6.75. The van der Waals surface area contributed by atoms with Crippen LogP contribution in [0, 0.1) is 11.8 Å². The summed E-state index contributed by atoms with van der Waals surface area (Å²) in [6.07, 6.45) is 8.32. The van der Waals surface area contributed by atoms with E-state index in [4.69, 9.17) is 0 Å². The highest BCUT2D eigenvalue weighted by atomic mass is 32.2. The Balaban J connectivity index is 1.60. The van der Waals surface area contributed by atoms with Gasteiger partial charge in [0.15, 0.2) is 0 Å². The summed E-state index contributed by atoms with van der Waals surface area (Å²) in [5.41, 5.74) is -0.288. The minimum absolute atomic E-state index is 0.160. The van der Waals surface area contributed by atoms with Crippen molar-refractivity contribution in [2.24, 2.45) is 11.8 Å². The smallest absolute Gasteiger partial charge is 0.270 e. The third kappa shape index (κ3) is 2.95. The maximum Gasteiger partial charge on any atom is 0.270 e. The number of hydrogen-bond donors (Lipinski definition) is 2. The van der Waals surface area contributed by atoms with Gasteiger partial charge in [0.1, 0.15) is 5.69 Å². The van der Waals surface area contributed by atoms with E-state index < -0.39 is 15.6 Å². The quantitative estimate of drug-likeness (QED) is 0.861. The summed E-state index contributed by atoms with van der Waals surface area (Å²) in [6.45, 7) is 0. The molecule has 1 amide bonds. The van der Waals surface area contributed by atoms with E-state index in [0.717, 1.165) is 32.1 Å². The first-order chi connectivity index (χ1) is 11.3. The zero-order valence-electron chi connectivity index (χ0n) is 13.8. The van der Waals surface area contributed by atoms with Crippen LogP contribution in [0.1, 0.15) is 49.0 Å². The van der Waals surface area contributed by atoms with Gasteiger partial charge in [-0.25, -0.2) is 13.1 Å². The summed E-state index contributed by atoms with van der Waals surface area (Å²) < 4.78 is 26.6. The number of amides is 1. The minimum atomic E-state index is -3.27. The molecule has 0 radical (unpaired) electrons. The van der Waals surface area contributed by atoms with Gasteiger partial charge < -0.3 is 5.32 Å². The van der Waals surface area contributed by atoms with E-state index in [1.807, 2.05) is 0 Å². The summed E-state index contributed by atoms with van der Waals surface area (Å²) in [7, 11) is -3.27. The number of hydrogen-bond acceptors (Lipinski definition) is 4. The predicted molar refractivity (Wildman–Crippen MR) is 89.8 cm³/mol. The Morgan fingerprint density at radius 2 is 1.83 bits per heavy atom. The Labute approximate surface area is 142 Å². The van der Waals surface area contributed by atoms with E-state index in [0.29, 0.717) is 24.0 Å². The van der Waals surface area contributed by atoms with Crippen LogP contribution in [0.15, 0.2) is 24.4 Å². The molecular formula is C17H23N3O3S. The van der Waals surface area contributed by atoms with Crippen molar-refractivity contribution in [1.29, 1.82) is 0 Å². The predicted octanol–water partition coefficient (Wildman–Crippen LogP) is 1.45. The van der Waals surface area contributed by atoms with Crippen LogP contribution in [0.25, 0.3) is 0 Å². The molecule has 130 valence electrons. The van der Waals surface area contributed by atoms with Crippen LogP contribution in [0.4, 0.5) is 0 Å². The van der Waals surface area contributed by atoms with Gasteiger partial charge in [-0.15, -0.1) is 0 Å². The van der Waals surface area contributed by atoms with Gasteiger partial charge in [-0.3, -0.25) is 9.78 Å². The van der Waals surface area contributed by atoms with Gasteiger partial charge in [0.25, 0.3) is 5.91 Å². The summed E-state index contributed by atoms with van der Waals surface area (Å²) in [5.74, 6) is 0.793. The lowest BCUT2D eigenvalue weighted by atomic mass is 9.50. The van der Waals surface area contributed by atoms with Crippen LogP contribution in [0.5, 0.6) is 0 Å². The molecule has 1 aromatic heterocycles. The van der Waals surface area contributed by atoms with Crippen molar-refractivity contribution >= 4 is 15.9 Å². The molecular weight excluding hydrogens is 326 g/mol. The molecule has 4 fully saturated rings. The third-order valence-corrected chi connectivity index (χ3v) is 6.54. The summed E-state index contributed by atoms with van der Waals surface area (Å²) >= 11 is 0. The lowest BCUT2D eigenvalue weighted by molar-refractivity contribution is -0.0389. The Kier molecular flexibility index (Phi) is 3.51. The van der Waals surface area contributed by atoms with Crippen molar-refractivity contribution in [3.8, 4) is 0 Å². The minimum Gasteiger partial charge on any atom is -0.345 e. The van der Waals surface area contributed by atoms with E-state index in [9.17, 15) is 13.2 Å². The molecule has 4 aliphatic rings. The maximum absolute atomic E-state index is 12.6. The molecule has 5 rings (SSSR count). The topological polar surface area (TPSA) is 88.2 Å². The largest absolute Gasteiger partial charge is 0.345 e. The first-order valence-corrected chi connectivity index (χ1v) is 10.4. The van der Waals surface area contributed by atoms with Gasteiger partial charge in [-0.1, -0.05) is 6.07 Å². The first-order valence-electron chi connectivity index (χ1n) is 8.49. The fourth-order valence-electron chi connectivity index (χ4n) is 5.72. The van der Waals surface area contributed by atoms with Crippen LogP contribution >= 0.6 is 0 Å². The van der Waals surface area contributed by atoms with Crippen molar-refractivity contribution in [2.45, 2.75) is 49.6 Å². The monoisotopic (exact) mass is 349 g/mol. The Morgan fingerprint density at radius 1 is 1.17 bits per heavy atom. The molecule has 0 saturated heterocycles. The second-order valence-corrected chi connectivity index (χ2v) is 9.81. The molecule has 4 aliphatic carbocycles. The molecule has 2 atom stereocenters. The third-order valence-electron chi connectivity index (χ3n) is 5.74. The molecule has 0 aliphatic heterocycles. The molecule has 1 heterocycles. The molecule has 6 nitrogen and oxygen atoms in total. The van der Waals surface area contributed by atoms with Gasteiger partial charge in [0.2, 0.25) is 10.0 Å². The Bertz CT molecular complexity index is 749. The average Bonchev–Trinajstić information content (AvgIpc) is 2.43. The molecule has 24 heavy (non-hydrogen) atoms. The lowest BCUT2D eigenvalue weighted by Gasteiger charge is -2.62.